The Labute approximate surface area is 105 Å². The van der Waals surface area contributed by atoms with Crippen molar-refractivity contribution >= 4 is 5.78 Å². The number of nitrogens with zero attached hydrogens (tertiary/aromatic N) is 1. The zero-order valence-corrected chi connectivity index (χ0v) is 10.2. The van der Waals surface area contributed by atoms with Crippen molar-refractivity contribution in [2.75, 3.05) is 14.2 Å². The molecule has 0 N–H and O–H groups in total. The quantitative estimate of drug-likeness (QED) is 0.773. The summed E-state index contributed by atoms with van der Waals surface area (Å²) in [5.74, 6) is 0.680. The van der Waals surface area contributed by atoms with Gasteiger partial charge in [-0.25, -0.2) is 4.98 Å². The first-order valence-electron chi connectivity index (χ1n) is 5.44. The second-order valence-electron chi connectivity index (χ2n) is 3.59. The molecule has 1 heterocycles. The highest BCUT2D eigenvalue weighted by atomic mass is 16.5. The SMILES string of the molecule is COc1ccccc1C(=O)c1cccnc1OC. The first-order valence-corrected chi connectivity index (χ1v) is 5.44. The van der Waals surface area contributed by atoms with Crippen LogP contribution in [0.25, 0.3) is 0 Å². The molecule has 0 aliphatic rings. The lowest BCUT2D eigenvalue weighted by Crippen LogP contribution is -2.06. The third-order valence-corrected chi connectivity index (χ3v) is 2.56. The Morgan fingerprint density at radius 3 is 2.44 bits per heavy atom. The molecule has 0 fully saturated rings. The maximum Gasteiger partial charge on any atom is 0.224 e. The molecular formula is C14H13NO3. The second-order valence-corrected chi connectivity index (χ2v) is 3.59. The maximum atomic E-state index is 12.4. The summed E-state index contributed by atoms with van der Waals surface area (Å²) in [4.78, 5) is 16.4. The summed E-state index contributed by atoms with van der Waals surface area (Å²) in [6, 6.07) is 10.4. The average Bonchev–Trinajstić information content (AvgIpc) is 2.46. The van der Waals surface area contributed by atoms with Crippen molar-refractivity contribution in [3.8, 4) is 11.6 Å². The largest absolute Gasteiger partial charge is 0.496 e. The van der Waals surface area contributed by atoms with Gasteiger partial charge in [0.05, 0.1) is 25.3 Å². The summed E-state index contributed by atoms with van der Waals surface area (Å²) in [6.45, 7) is 0. The van der Waals surface area contributed by atoms with Crippen LogP contribution in [0.1, 0.15) is 15.9 Å². The van der Waals surface area contributed by atoms with E-state index in [1.54, 1.807) is 36.5 Å². The molecule has 0 aliphatic heterocycles. The van der Waals surface area contributed by atoms with Gasteiger partial charge in [-0.1, -0.05) is 12.1 Å². The molecule has 0 bridgehead atoms. The fraction of sp³-hybridized carbons (Fsp3) is 0.143. The number of methoxy groups -OCH3 is 2. The molecule has 4 heteroatoms. The number of rotatable bonds is 4. The molecule has 0 amide bonds. The molecule has 0 saturated carbocycles. The number of benzene rings is 1. The lowest BCUT2D eigenvalue weighted by molar-refractivity contribution is 0.103. The fourth-order valence-electron chi connectivity index (χ4n) is 1.70. The third-order valence-electron chi connectivity index (χ3n) is 2.56. The van der Waals surface area contributed by atoms with Crippen LogP contribution in [-0.4, -0.2) is 25.0 Å². The number of hydrogen-bond donors (Lipinski definition) is 0. The van der Waals surface area contributed by atoms with Gasteiger partial charge in [0.2, 0.25) is 11.7 Å². The van der Waals surface area contributed by atoms with E-state index in [0.717, 1.165) is 0 Å². The molecule has 0 unspecified atom stereocenters. The van der Waals surface area contributed by atoms with Crippen LogP contribution in [0.5, 0.6) is 11.6 Å². The van der Waals surface area contributed by atoms with Gasteiger partial charge in [-0.2, -0.15) is 0 Å². The van der Waals surface area contributed by atoms with Gasteiger partial charge in [0, 0.05) is 6.20 Å². The fourth-order valence-corrected chi connectivity index (χ4v) is 1.70. The summed E-state index contributed by atoms with van der Waals surface area (Å²) in [5.41, 5.74) is 0.913. The molecule has 2 aromatic rings. The molecule has 0 spiro atoms. The van der Waals surface area contributed by atoms with Gasteiger partial charge < -0.3 is 9.47 Å². The van der Waals surface area contributed by atoms with Crippen LogP contribution in [0.4, 0.5) is 0 Å². The zero-order chi connectivity index (χ0) is 13.0. The number of ketones is 1. The van der Waals surface area contributed by atoms with E-state index >= 15 is 0 Å². The number of hydrogen-bond acceptors (Lipinski definition) is 4. The number of aromatic nitrogens is 1. The van der Waals surface area contributed by atoms with Crippen LogP contribution in [0, 0.1) is 0 Å². The van der Waals surface area contributed by atoms with Crippen LogP contribution in [0.3, 0.4) is 0 Å². The first-order chi connectivity index (χ1) is 8.77. The van der Waals surface area contributed by atoms with Crippen LogP contribution in [-0.2, 0) is 0 Å². The van der Waals surface area contributed by atoms with Crippen LogP contribution in [0.15, 0.2) is 42.6 Å². The minimum Gasteiger partial charge on any atom is -0.496 e. The van der Waals surface area contributed by atoms with Gasteiger partial charge in [0.25, 0.3) is 0 Å². The minimum atomic E-state index is -0.169. The summed E-state index contributed by atoms with van der Waals surface area (Å²) >= 11 is 0. The molecule has 92 valence electrons. The van der Waals surface area contributed by atoms with Gasteiger partial charge in [0.1, 0.15) is 5.75 Å². The van der Waals surface area contributed by atoms with Gasteiger partial charge in [0.15, 0.2) is 0 Å². The van der Waals surface area contributed by atoms with E-state index in [0.29, 0.717) is 22.8 Å². The van der Waals surface area contributed by atoms with Gasteiger partial charge >= 0.3 is 0 Å². The molecule has 2 rings (SSSR count). The first kappa shape index (κ1) is 12.1. The Kier molecular flexibility index (Phi) is 3.57. The van der Waals surface area contributed by atoms with E-state index in [9.17, 15) is 4.79 Å². The third kappa shape index (κ3) is 2.18. The molecule has 4 nitrogen and oxygen atoms in total. The Hall–Kier alpha value is -2.36. The highest BCUT2D eigenvalue weighted by Crippen LogP contribution is 2.24. The summed E-state index contributed by atoms with van der Waals surface area (Å²) in [7, 11) is 3.02. The number of para-hydroxylation sites is 1. The highest BCUT2D eigenvalue weighted by molar-refractivity contribution is 6.12. The van der Waals surface area contributed by atoms with Crippen molar-refractivity contribution in [2.24, 2.45) is 0 Å². The number of carbonyl (C=O) groups is 1. The number of pyridine rings is 1. The van der Waals surface area contributed by atoms with E-state index in [1.165, 1.54) is 14.2 Å². The van der Waals surface area contributed by atoms with E-state index in [2.05, 4.69) is 4.98 Å². The Morgan fingerprint density at radius 2 is 1.72 bits per heavy atom. The average molecular weight is 243 g/mol. The predicted molar refractivity (Wildman–Crippen MR) is 67.2 cm³/mol. The zero-order valence-electron chi connectivity index (χ0n) is 10.2. The molecule has 18 heavy (non-hydrogen) atoms. The molecule has 1 aromatic carbocycles. The smallest absolute Gasteiger partial charge is 0.224 e. The molecule has 1 aromatic heterocycles. The lowest BCUT2D eigenvalue weighted by atomic mass is 10.0. The number of carbonyl (C=O) groups excluding carboxylic acids is 1. The van der Waals surface area contributed by atoms with Crippen molar-refractivity contribution in [3.63, 3.8) is 0 Å². The van der Waals surface area contributed by atoms with Crippen LogP contribution in [0.2, 0.25) is 0 Å². The van der Waals surface area contributed by atoms with Crippen LogP contribution >= 0.6 is 0 Å². The highest BCUT2D eigenvalue weighted by Gasteiger charge is 2.18. The van der Waals surface area contributed by atoms with Crippen molar-refractivity contribution in [3.05, 3.63) is 53.7 Å². The standard InChI is InChI=1S/C14H13NO3/c1-17-12-8-4-3-6-10(12)13(16)11-7-5-9-15-14(11)18-2/h3-9H,1-2H3. The van der Waals surface area contributed by atoms with E-state index < -0.39 is 0 Å². The van der Waals surface area contributed by atoms with Crippen molar-refractivity contribution in [1.29, 1.82) is 0 Å². The lowest BCUT2D eigenvalue weighted by Gasteiger charge is -2.09. The van der Waals surface area contributed by atoms with Gasteiger partial charge in [-0.3, -0.25) is 4.79 Å². The van der Waals surface area contributed by atoms with Crippen molar-refractivity contribution < 1.29 is 14.3 Å². The second kappa shape index (κ2) is 5.31. The minimum absolute atomic E-state index is 0.169. The van der Waals surface area contributed by atoms with E-state index in [1.807, 2.05) is 6.07 Å². The summed E-state index contributed by atoms with van der Waals surface area (Å²) < 4.78 is 10.3. The summed E-state index contributed by atoms with van der Waals surface area (Å²) in [6.07, 6.45) is 1.58. The number of ether oxygens (including phenoxy) is 2. The van der Waals surface area contributed by atoms with Gasteiger partial charge in [-0.15, -0.1) is 0 Å². The van der Waals surface area contributed by atoms with Crippen molar-refractivity contribution in [1.82, 2.24) is 4.98 Å². The normalized spacial score (nSPS) is 9.89. The Bertz CT molecular complexity index is 517. The topological polar surface area (TPSA) is 48.4 Å². The molecule has 0 saturated heterocycles. The molecular weight excluding hydrogens is 230 g/mol. The van der Waals surface area contributed by atoms with Gasteiger partial charge in [-0.05, 0) is 24.3 Å². The predicted octanol–water partition coefficient (Wildman–Crippen LogP) is 2.33. The van der Waals surface area contributed by atoms with Crippen LogP contribution < -0.4 is 9.47 Å². The molecule has 0 radical (unpaired) electrons. The summed E-state index contributed by atoms with van der Waals surface area (Å²) in [5, 5.41) is 0. The van der Waals surface area contributed by atoms with Crippen molar-refractivity contribution in [2.45, 2.75) is 0 Å². The Balaban J connectivity index is 2.48. The molecule has 0 aliphatic carbocycles. The van der Waals surface area contributed by atoms with E-state index in [4.69, 9.17) is 9.47 Å². The Morgan fingerprint density at radius 1 is 1.00 bits per heavy atom. The monoisotopic (exact) mass is 243 g/mol. The van der Waals surface area contributed by atoms with E-state index in [-0.39, 0.29) is 5.78 Å². The maximum absolute atomic E-state index is 12.4. The molecule has 0 atom stereocenters.